The van der Waals surface area contributed by atoms with Gasteiger partial charge in [0.25, 0.3) is 0 Å². The van der Waals surface area contributed by atoms with E-state index >= 15 is 0 Å². The summed E-state index contributed by atoms with van der Waals surface area (Å²) in [5, 5.41) is 20.6. The van der Waals surface area contributed by atoms with Crippen molar-refractivity contribution in [3.05, 3.63) is 57.9 Å². The van der Waals surface area contributed by atoms with Crippen LogP contribution in [0.1, 0.15) is 25.0 Å². The summed E-state index contributed by atoms with van der Waals surface area (Å²) in [7, 11) is 0. The molecule has 1 unspecified atom stereocenters. The second-order valence-corrected chi connectivity index (χ2v) is 7.56. The molecule has 8 heteroatoms. The summed E-state index contributed by atoms with van der Waals surface area (Å²) in [5.74, 6) is -0.0645. The number of phenolic OH excluding ortho intramolecular Hbond substituents is 1. The van der Waals surface area contributed by atoms with Crippen LogP contribution in [0.3, 0.4) is 0 Å². The Bertz CT molecular complexity index is 1160. The minimum Gasteiger partial charge on any atom is -0.507 e. The minimum absolute atomic E-state index is 0.0617. The summed E-state index contributed by atoms with van der Waals surface area (Å²) in [6.45, 7) is 3.30. The first-order valence-electron chi connectivity index (χ1n) is 8.84. The molecule has 0 saturated carbocycles. The Morgan fingerprint density at radius 2 is 1.83 bits per heavy atom. The molecule has 0 saturated heterocycles. The van der Waals surface area contributed by atoms with Crippen LogP contribution in [0.4, 0.5) is 13.2 Å². The molecule has 2 heterocycles. The topological polar surface area (TPSA) is 79.9 Å². The molecule has 0 spiro atoms. The second kappa shape index (κ2) is 6.25. The highest BCUT2D eigenvalue weighted by Crippen LogP contribution is 2.43. The van der Waals surface area contributed by atoms with E-state index in [1.807, 2.05) is 0 Å². The SMILES string of the molecule is CC1(C)Oc2c(c(O)cc3occ(-c4ccc(C(F)(F)F)cc4)c(=O)c23)CC1O. The molecule has 0 aliphatic carbocycles. The fourth-order valence-electron chi connectivity index (χ4n) is 3.40. The van der Waals surface area contributed by atoms with Gasteiger partial charge >= 0.3 is 6.18 Å². The van der Waals surface area contributed by atoms with Gasteiger partial charge in [0, 0.05) is 18.1 Å². The third kappa shape index (κ3) is 3.13. The van der Waals surface area contributed by atoms with E-state index in [4.69, 9.17) is 9.15 Å². The largest absolute Gasteiger partial charge is 0.507 e. The number of ether oxygens (including phenoxy) is 1. The van der Waals surface area contributed by atoms with Crippen LogP contribution >= 0.6 is 0 Å². The monoisotopic (exact) mass is 406 g/mol. The van der Waals surface area contributed by atoms with Crippen LogP contribution in [0.5, 0.6) is 11.5 Å². The second-order valence-electron chi connectivity index (χ2n) is 7.56. The van der Waals surface area contributed by atoms with E-state index in [9.17, 15) is 28.2 Å². The Morgan fingerprint density at radius 1 is 1.17 bits per heavy atom. The van der Waals surface area contributed by atoms with Crippen molar-refractivity contribution in [2.45, 2.75) is 38.1 Å². The zero-order chi connectivity index (χ0) is 21.1. The highest BCUT2D eigenvalue weighted by Gasteiger charge is 2.39. The number of halogens is 3. The first-order valence-corrected chi connectivity index (χ1v) is 8.84. The van der Waals surface area contributed by atoms with Gasteiger partial charge in [-0.15, -0.1) is 0 Å². The Kier molecular flexibility index (Phi) is 4.16. The number of benzene rings is 2. The Morgan fingerprint density at radius 3 is 2.45 bits per heavy atom. The summed E-state index contributed by atoms with van der Waals surface area (Å²) in [5.41, 5.74) is -1.67. The number of aliphatic hydroxyl groups is 1. The van der Waals surface area contributed by atoms with Gasteiger partial charge in [-0.05, 0) is 31.5 Å². The van der Waals surface area contributed by atoms with Crippen LogP contribution in [0.2, 0.25) is 0 Å². The number of hydrogen-bond acceptors (Lipinski definition) is 5. The van der Waals surface area contributed by atoms with Gasteiger partial charge in [-0.2, -0.15) is 13.2 Å². The molecule has 3 aromatic rings. The number of phenols is 1. The van der Waals surface area contributed by atoms with Crippen LogP contribution in [0.15, 0.2) is 45.8 Å². The molecular weight excluding hydrogens is 389 g/mol. The number of aliphatic hydroxyl groups excluding tert-OH is 1. The van der Waals surface area contributed by atoms with Crippen molar-refractivity contribution in [3.63, 3.8) is 0 Å². The molecule has 0 fully saturated rings. The zero-order valence-electron chi connectivity index (χ0n) is 15.5. The number of alkyl halides is 3. The highest BCUT2D eigenvalue weighted by molar-refractivity contribution is 5.90. The van der Waals surface area contributed by atoms with Crippen LogP contribution in [0, 0.1) is 0 Å². The standard InChI is InChI=1S/C21H17F3O5/c1-20(2)16(26)7-12-14(25)8-15-17(19(12)29-20)18(27)13(9-28-15)10-3-5-11(6-4-10)21(22,23)24/h3-6,8-9,16,25-26H,7H2,1-2H3. The molecule has 1 aliphatic rings. The molecule has 2 N–H and O–H groups in total. The predicted octanol–water partition coefficient (Wildman–Crippen LogP) is 4.26. The van der Waals surface area contributed by atoms with Gasteiger partial charge in [0.05, 0.1) is 17.2 Å². The fourth-order valence-corrected chi connectivity index (χ4v) is 3.40. The van der Waals surface area contributed by atoms with E-state index in [0.717, 1.165) is 18.4 Å². The maximum Gasteiger partial charge on any atom is 0.416 e. The Labute approximate surface area is 163 Å². The lowest BCUT2D eigenvalue weighted by atomic mass is 9.89. The van der Waals surface area contributed by atoms with E-state index in [2.05, 4.69) is 0 Å². The maximum atomic E-state index is 13.2. The van der Waals surface area contributed by atoms with E-state index in [-0.39, 0.29) is 45.6 Å². The lowest BCUT2D eigenvalue weighted by Crippen LogP contribution is -2.46. The lowest BCUT2D eigenvalue weighted by Gasteiger charge is -2.37. The van der Waals surface area contributed by atoms with Crippen molar-refractivity contribution in [2.75, 3.05) is 0 Å². The van der Waals surface area contributed by atoms with Gasteiger partial charge in [0.1, 0.15) is 34.3 Å². The third-order valence-electron chi connectivity index (χ3n) is 5.19. The van der Waals surface area contributed by atoms with Gasteiger partial charge in [-0.1, -0.05) is 12.1 Å². The molecule has 152 valence electrons. The van der Waals surface area contributed by atoms with E-state index in [0.29, 0.717) is 0 Å². The molecule has 5 nitrogen and oxygen atoms in total. The number of rotatable bonds is 1. The van der Waals surface area contributed by atoms with E-state index in [1.54, 1.807) is 13.8 Å². The van der Waals surface area contributed by atoms with Crippen LogP contribution < -0.4 is 10.2 Å². The molecule has 1 aliphatic heterocycles. The van der Waals surface area contributed by atoms with Crippen molar-refractivity contribution in [3.8, 4) is 22.6 Å². The lowest BCUT2D eigenvalue weighted by molar-refractivity contribution is -0.137. The molecule has 29 heavy (non-hydrogen) atoms. The molecule has 0 amide bonds. The van der Waals surface area contributed by atoms with Crippen molar-refractivity contribution >= 4 is 11.0 Å². The first-order chi connectivity index (χ1) is 13.5. The average Bonchev–Trinajstić information content (AvgIpc) is 2.63. The summed E-state index contributed by atoms with van der Waals surface area (Å²) < 4.78 is 49.7. The number of aromatic hydroxyl groups is 1. The Balaban J connectivity index is 1.93. The highest BCUT2D eigenvalue weighted by atomic mass is 19.4. The summed E-state index contributed by atoms with van der Waals surface area (Å²) in [6, 6.07) is 5.44. The van der Waals surface area contributed by atoms with E-state index < -0.39 is 28.9 Å². The summed E-state index contributed by atoms with van der Waals surface area (Å²) in [6.07, 6.45) is -4.16. The van der Waals surface area contributed by atoms with Gasteiger partial charge in [-0.3, -0.25) is 4.79 Å². The molecule has 2 aromatic carbocycles. The van der Waals surface area contributed by atoms with Crippen LogP contribution in [-0.4, -0.2) is 21.9 Å². The molecule has 0 radical (unpaired) electrons. The van der Waals surface area contributed by atoms with Crippen molar-refractivity contribution in [2.24, 2.45) is 0 Å². The number of fused-ring (bicyclic) bond motifs is 3. The van der Waals surface area contributed by atoms with Crippen molar-refractivity contribution in [1.82, 2.24) is 0 Å². The normalized spacial score (nSPS) is 18.3. The zero-order valence-corrected chi connectivity index (χ0v) is 15.5. The molecule has 4 rings (SSSR count). The average molecular weight is 406 g/mol. The summed E-state index contributed by atoms with van der Waals surface area (Å²) >= 11 is 0. The van der Waals surface area contributed by atoms with Crippen LogP contribution in [0.25, 0.3) is 22.1 Å². The molecule has 0 bridgehead atoms. The van der Waals surface area contributed by atoms with Crippen molar-refractivity contribution < 1.29 is 32.5 Å². The van der Waals surface area contributed by atoms with Gasteiger partial charge in [0.2, 0.25) is 5.43 Å². The Hall–Kier alpha value is -3.00. The summed E-state index contributed by atoms with van der Waals surface area (Å²) in [4.78, 5) is 13.2. The predicted molar refractivity (Wildman–Crippen MR) is 99.0 cm³/mol. The third-order valence-corrected chi connectivity index (χ3v) is 5.19. The molecule has 1 aromatic heterocycles. The minimum atomic E-state index is -4.48. The quantitative estimate of drug-likeness (QED) is 0.631. The number of hydrogen-bond donors (Lipinski definition) is 2. The van der Waals surface area contributed by atoms with Gasteiger partial charge in [-0.25, -0.2) is 0 Å². The smallest absolute Gasteiger partial charge is 0.416 e. The van der Waals surface area contributed by atoms with Crippen LogP contribution in [-0.2, 0) is 12.6 Å². The molecule has 1 atom stereocenters. The first kappa shape index (κ1) is 19.3. The maximum absolute atomic E-state index is 13.2. The van der Waals surface area contributed by atoms with Crippen molar-refractivity contribution in [1.29, 1.82) is 0 Å². The van der Waals surface area contributed by atoms with Gasteiger partial charge in [0.15, 0.2) is 0 Å². The fraction of sp³-hybridized carbons (Fsp3) is 0.286. The van der Waals surface area contributed by atoms with Gasteiger partial charge < -0.3 is 19.4 Å². The van der Waals surface area contributed by atoms with E-state index in [1.165, 1.54) is 18.2 Å². The molecular formula is C21H17F3O5.